The Bertz CT molecular complexity index is 521. The van der Waals surface area contributed by atoms with Crippen molar-refractivity contribution < 1.29 is 28.6 Å². The summed E-state index contributed by atoms with van der Waals surface area (Å²) >= 11 is 0. The summed E-state index contributed by atoms with van der Waals surface area (Å²) in [5, 5.41) is 11.6. The zero-order valence-corrected chi connectivity index (χ0v) is 11.8. The van der Waals surface area contributed by atoms with Gasteiger partial charge in [-0.2, -0.15) is 4.39 Å². The smallest absolute Gasteiger partial charge is 0.314 e. The maximum Gasteiger partial charge on any atom is 0.314 e. The fourth-order valence-electron chi connectivity index (χ4n) is 2.51. The summed E-state index contributed by atoms with van der Waals surface area (Å²) in [4.78, 5) is 24.4. The van der Waals surface area contributed by atoms with E-state index in [0.717, 1.165) is 6.20 Å². The predicted octanol–water partition coefficient (Wildman–Crippen LogP) is -0.0131. The molecule has 2 aliphatic heterocycles. The summed E-state index contributed by atoms with van der Waals surface area (Å²) < 4.78 is 23.8. The first-order chi connectivity index (χ1) is 9.83. The van der Waals surface area contributed by atoms with Crippen LogP contribution in [0.15, 0.2) is 24.4 Å². The topological polar surface area (TPSA) is 88.1 Å². The lowest BCUT2D eigenvalue weighted by atomic mass is 9.83. The molecule has 1 amide bonds. The molecule has 0 bridgehead atoms. The van der Waals surface area contributed by atoms with Crippen LogP contribution in [-0.2, 0) is 19.1 Å². The maximum absolute atomic E-state index is 13.4. The summed E-state index contributed by atoms with van der Waals surface area (Å²) in [6.45, 7) is 4.83. The van der Waals surface area contributed by atoms with Gasteiger partial charge >= 0.3 is 5.97 Å². The minimum atomic E-state index is -1.07. The number of hydrogen-bond acceptors (Lipinski definition) is 6. The molecular formula is C13H17FN2O5. The minimum Gasteiger partial charge on any atom is -0.469 e. The number of carbonyl (C=O) groups excluding carboxylic acids is 2. The maximum atomic E-state index is 13.4. The van der Waals surface area contributed by atoms with Crippen LogP contribution >= 0.6 is 0 Å². The number of aliphatic hydroxyl groups excluding tert-OH is 1. The number of hydrogen-bond donors (Lipinski definition) is 2. The Kier molecular flexibility index (Phi) is 4.02. The number of esters is 1. The van der Waals surface area contributed by atoms with Crippen molar-refractivity contribution in [2.24, 2.45) is 5.41 Å². The van der Waals surface area contributed by atoms with Crippen LogP contribution in [0.4, 0.5) is 4.39 Å². The normalized spacial score (nSPS) is 32.8. The van der Waals surface area contributed by atoms with Crippen LogP contribution in [-0.4, -0.2) is 47.9 Å². The average molecular weight is 300 g/mol. The molecule has 2 N–H and O–H groups in total. The van der Waals surface area contributed by atoms with Gasteiger partial charge in [0.2, 0.25) is 5.83 Å². The molecule has 7 nitrogen and oxygen atoms in total. The Morgan fingerprint density at radius 2 is 2.43 bits per heavy atom. The fraction of sp³-hybridized carbons (Fsp3) is 0.538. The average Bonchev–Trinajstić information content (AvgIpc) is 2.80. The molecule has 0 spiro atoms. The lowest BCUT2D eigenvalue weighted by Crippen LogP contribution is -2.42. The van der Waals surface area contributed by atoms with E-state index in [2.05, 4.69) is 11.9 Å². The second-order valence-corrected chi connectivity index (χ2v) is 5.16. The van der Waals surface area contributed by atoms with Crippen LogP contribution in [0.25, 0.3) is 0 Å². The number of halogens is 1. The number of carbonyl (C=O) groups is 2. The van der Waals surface area contributed by atoms with E-state index < -0.39 is 35.5 Å². The van der Waals surface area contributed by atoms with Crippen molar-refractivity contribution in [2.75, 3.05) is 13.7 Å². The van der Waals surface area contributed by atoms with E-state index in [1.807, 2.05) is 0 Å². The number of rotatable bonds is 3. The number of methoxy groups -OCH3 is 1. The third-order valence-electron chi connectivity index (χ3n) is 3.80. The zero-order chi connectivity index (χ0) is 15.8. The first kappa shape index (κ1) is 15.5. The van der Waals surface area contributed by atoms with Gasteiger partial charge in [0.1, 0.15) is 12.0 Å². The van der Waals surface area contributed by atoms with Crippen molar-refractivity contribution in [2.45, 2.75) is 25.7 Å². The highest BCUT2D eigenvalue weighted by Gasteiger charge is 2.53. The number of aliphatic hydroxyl groups is 1. The van der Waals surface area contributed by atoms with Crippen LogP contribution in [0.1, 0.15) is 13.3 Å². The van der Waals surface area contributed by atoms with E-state index in [-0.39, 0.29) is 18.8 Å². The standard InChI is InChI=1S/C13H17FN2O5/c1-7-15-11(18)8(14)5-16(7)10-4-13(2,12(19)20-3)9(6-17)21-10/h5,9-10,17H,1,4,6H2,2-3H3,(H,15,18)/t9-,10-,13+/m1/s1. The summed E-state index contributed by atoms with van der Waals surface area (Å²) in [5.74, 6) is -2.26. The highest BCUT2D eigenvalue weighted by Crippen LogP contribution is 2.41. The molecule has 3 atom stereocenters. The quantitative estimate of drug-likeness (QED) is 0.713. The largest absolute Gasteiger partial charge is 0.469 e. The molecule has 21 heavy (non-hydrogen) atoms. The second kappa shape index (κ2) is 5.45. The van der Waals surface area contributed by atoms with Crippen LogP contribution in [0.3, 0.4) is 0 Å². The molecule has 2 aliphatic rings. The number of nitrogens with one attached hydrogen (secondary N) is 1. The van der Waals surface area contributed by atoms with Crippen molar-refractivity contribution in [3.8, 4) is 0 Å². The first-order valence-corrected chi connectivity index (χ1v) is 6.34. The third kappa shape index (κ3) is 2.52. The zero-order valence-electron chi connectivity index (χ0n) is 11.8. The van der Waals surface area contributed by atoms with Crippen molar-refractivity contribution in [1.82, 2.24) is 10.2 Å². The van der Waals surface area contributed by atoms with E-state index >= 15 is 0 Å². The summed E-state index contributed by atoms with van der Waals surface area (Å²) in [6.07, 6.45) is -0.422. The Hall–Kier alpha value is -1.93. The van der Waals surface area contributed by atoms with Gasteiger partial charge in [0.25, 0.3) is 5.91 Å². The van der Waals surface area contributed by atoms with Gasteiger partial charge in [-0.1, -0.05) is 6.58 Å². The fourth-order valence-corrected chi connectivity index (χ4v) is 2.51. The van der Waals surface area contributed by atoms with Crippen molar-refractivity contribution in [1.29, 1.82) is 0 Å². The van der Waals surface area contributed by atoms with Crippen LogP contribution < -0.4 is 5.32 Å². The molecule has 1 fully saturated rings. The number of ether oxygens (including phenoxy) is 2. The highest BCUT2D eigenvalue weighted by molar-refractivity contribution is 5.93. The lowest BCUT2D eigenvalue weighted by Gasteiger charge is -2.31. The monoisotopic (exact) mass is 300 g/mol. The van der Waals surface area contributed by atoms with Gasteiger partial charge in [0.15, 0.2) is 0 Å². The van der Waals surface area contributed by atoms with E-state index in [9.17, 15) is 19.1 Å². The lowest BCUT2D eigenvalue weighted by molar-refractivity contribution is -0.156. The SMILES string of the molecule is C=C1NC(=O)C(F)=CN1[C@H]1C[C@](C)(C(=O)OC)[C@@H](CO)O1. The molecule has 116 valence electrons. The Morgan fingerprint density at radius 3 is 3.00 bits per heavy atom. The molecule has 0 radical (unpaired) electrons. The summed E-state index contributed by atoms with van der Waals surface area (Å²) in [6, 6.07) is 0. The van der Waals surface area contributed by atoms with Gasteiger partial charge < -0.3 is 24.8 Å². The Morgan fingerprint density at radius 1 is 1.76 bits per heavy atom. The molecule has 1 saturated heterocycles. The molecule has 2 heterocycles. The van der Waals surface area contributed by atoms with Gasteiger partial charge in [-0.05, 0) is 6.92 Å². The molecule has 2 rings (SSSR count). The molecule has 0 unspecified atom stereocenters. The van der Waals surface area contributed by atoms with E-state index in [1.165, 1.54) is 12.0 Å². The molecule has 0 aromatic heterocycles. The predicted molar refractivity (Wildman–Crippen MR) is 68.8 cm³/mol. The van der Waals surface area contributed by atoms with Gasteiger partial charge in [0, 0.05) is 12.6 Å². The molecule has 0 saturated carbocycles. The van der Waals surface area contributed by atoms with Crippen LogP contribution in [0.2, 0.25) is 0 Å². The van der Waals surface area contributed by atoms with Gasteiger partial charge in [0.05, 0.1) is 25.2 Å². The molecular weight excluding hydrogens is 283 g/mol. The molecule has 0 aliphatic carbocycles. The Labute approximate surface area is 121 Å². The van der Waals surface area contributed by atoms with Gasteiger partial charge in [-0.3, -0.25) is 9.59 Å². The molecule has 0 aromatic carbocycles. The van der Waals surface area contributed by atoms with E-state index in [1.54, 1.807) is 6.92 Å². The third-order valence-corrected chi connectivity index (χ3v) is 3.80. The van der Waals surface area contributed by atoms with Crippen LogP contribution in [0, 0.1) is 5.41 Å². The Balaban J connectivity index is 2.26. The number of nitrogens with zero attached hydrogens (tertiary/aromatic N) is 1. The first-order valence-electron chi connectivity index (χ1n) is 6.34. The highest BCUT2D eigenvalue weighted by atomic mass is 19.1. The summed E-state index contributed by atoms with van der Waals surface area (Å²) in [7, 11) is 1.25. The molecule has 0 aromatic rings. The van der Waals surface area contributed by atoms with Crippen molar-refractivity contribution in [3.05, 3.63) is 24.4 Å². The van der Waals surface area contributed by atoms with E-state index in [0.29, 0.717) is 0 Å². The van der Waals surface area contributed by atoms with Gasteiger partial charge in [-0.25, -0.2) is 0 Å². The summed E-state index contributed by atoms with van der Waals surface area (Å²) in [5.41, 5.74) is -1.07. The van der Waals surface area contributed by atoms with Crippen LogP contribution in [0.5, 0.6) is 0 Å². The van der Waals surface area contributed by atoms with Gasteiger partial charge in [-0.15, -0.1) is 0 Å². The van der Waals surface area contributed by atoms with Crippen molar-refractivity contribution in [3.63, 3.8) is 0 Å². The second-order valence-electron chi connectivity index (χ2n) is 5.16. The number of amides is 1. The van der Waals surface area contributed by atoms with Crippen molar-refractivity contribution >= 4 is 11.9 Å². The molecule has 8 heteroatoms. The van der Waals surface area contributed by atoms with E-state index in [4.69, 9.17) is 9.47 Å². The minimum absolute atomic E-state index is 0.136.